The largest absolute Gasteiger partial charge is 0.497 e. The van der Waals surface area contributed by atoms with E-state index in [1.807, 2.05) is 0 Å². The summed E-state index contributed by atoms with van der Waals surface area (Å²) in [7, 11) is 1.71. The lowest BCUT2D eigenvalue weighted by molar-refractivity contribution is -0.132. The molecule has 0 N–H and O–H groups in total. The minimum atomic E-state index is -0.202. The van der Waals surface area contributed by atoms with Crippen LogP contribution in [0.1, 0.15) is 84.6 Å². The fourth-order valence-electron chi connectivity index (χ4n) is 6.95. The van der Waals surface area contributed by atoms with Gasteiger partial charge in [0, 0.05) is 11.8 Å². The molecule has 2 aliphatic rings. The van der Waals surface area contributed by atoms with Gasteiger partial charge in [-0.2, -0.15) is 0 Å². The van der Waals surface area contributed by atoms with Gasteiger partial charge in [0.25, 0.3) is 0 Å². The quantitative estimate of drug-likeness (QED) is 0.400. The summed E-state index contributed by atoms with van der Waals surface area (Å²) in [6.45, 7) is 20.1. The van der Waals surface area contributed by atoms with Crippen LogP contribution in [0.2, 0.25) is 0 Å². The molecule has 0 aromatic heterocycles. The fraction of sp³-hybridized carbons (Fsp3) is 0.621. The third kappa shape index (κ3) is 4.15. The zero-order chi connectivity index (χ0) is 23.0. The number of rotatable bonds is 8. The van der Waals surface area contributed by atoms with Crippen LogP contribution in [0.5, 0.6) is 5.75 Å². The van der Waals surface area contributed by atoms with Crippen molar-refractivity contribution >= 4 is 5.78 Å². The van der Waals surface area contributed by atoms with Gasteiger partial charge in [-0.05, 0) is 86.3 Å². The third-order valence-electron chi connectivity index (χ3n) is 8.99. The molecule has 0 spiro atoms. The molecule has 170 valence electrons. The first kappa shape index (κ1) is 23.8. The Kier molecular flexibility index (Phi) is 6.89. The van der Waals surface area contributed by atoms with Gasteiger partial charge in [0.05, 0.1) is 7.11 Å². The molecule has 0 saturated heterocycles. The van der Waals surface area contributed by atoms with E-state index in [1.54, 1.807) is 7.11 Å². The number of Topliss-reactive ketones (excluding diaryl/α,β-unsaturated/α-hetero) is 1. The molecular formula is C29H42O2. The molecule has 0 amide bonds. The summed E-state index contributed by atoms with van der Waals surface area (Å²) in [6, 6.07) is 8.60. The summed E-state index contributed by atoms with van der Waals surface area (Å²) < 4.78 is 5.42. The number of hydrogen-bond donors (Lipinski definition) is 0. The van der Waals surface area contributed by atoms with Gasteiger partial charge in [-0.15, -0.1) is 6.58 Å². The zero-order valence-electron chi connectivity index (χ0n) is 20.6. The highest BCUT2D eigenvalue weighted by molar-refractivity contribution is 5.87. The van der Waals surface area contributed by atoms with Gasteiger partial charge in [-0.1, -0.05) is 57.0 Å². The first-order valence-corrected chi connectivity index (χ1v) is 12.1. The van der Waals surface area contributed by atoms with E-state index < -0.39 is 0 Å². The predicted octanol–water partition coefficient (Wildman–Crippen LogP) is 7.75. The summed E-state index contributed by atoms with van der Waals surface area (Å²) in [6.07, 6.45) is 5.94. The van der Waals surface area contributed by atoms with Crippen molar-refractivity contribution in [2.45, 2.75) is 79.1 Å². The molecule has 1 aromatic rings. The lowest BCUT2D eigenvalue weighted by atomic mass is 9.47. The van der Waals surface area contributed by atoms with E-state index in [-0.39, 0.29) is 10.8 Å². The molecule has 2 heteroatoms. The maximum atomic E-state index is 13.1. The molecule has 0 radical (unpaired) electrons. The maximum absolute atomic E-state index is 13.1. The molecular weight excluding hydrogens is 380 g/mol. The van der Waals surface area contributed by atoms with Gasteiger partial charge >= 0.3 is 0 Å². The van der Waals surface area contributed by atoms with E-state index in [9.17, 15) is 4.79 Å². The second kappa shape index (κ2) is 8.96. The second-order valence-electron chi connectivity index (χ2n) is 10.8. The summed E-state index contributed by atoms with van der Waals surface area (Å²) >= 11 is 0. The van der Waals surface area contributed by atoms with Crippen LogP contribution in [0.15, 0.2) is 48.6 Å². The van der Waals surface area contributed by atoms with Crippen LogP contribution >= 0.6 is 0 Å². The molecule has 2 aliphatic carbocycles. The Morgan fingerprint density at radius 3 is 2.39 bits per heavy atom. The zero-order valence-corrected chi connectivity index (χ0v) is 20.6. The van der Waals surface area contributed by atoms with Gasteiger partial charge < -0.3 is 4.74 Å². The molecule has 0 heterocycles. The van der Waals surface area contributed by atoms with Gasteiger partial charge in [-0.25, -0.2) is 0 Å². The van der Waals surface area contributed by atoms with Crippen LogP contribution in [0.4, 0.5) is 0 Å². The smallest absolute Gasteiger partial charge is 0.139 e. The minimum Gasteiger partial charge on any atom is -0.497 e. The van der Waals surface area contributed by atoms with Crippen LogP contribution < -0.4 is 4.74 Å². The van der Waals surface area contributed by atoms with Crippen molar-refractivity contribution in [2.75, 3.05) is 7.11 Å². The monoisotopic (exact) mass is 422 g/mol. The van der Waals surface area contributed by atoms with Crippen molar-refractivity contribution < 1.29 is 9.53 Å². The highest BCUT2D eigenvalue weighted by Crippen LogP contribution is 2.64. The van der Waals surface area contributed by atoms with Crippen LogP contribution in [0.3, 0.4) is 0 Å². The highest BCUT2D eigenvalue weighted by Gasteiger charge is 2.59. The number of benzene rings is 1. The summed E-state index contributed by atoms with van der Waals surface area (Å²) in [5.74, 6) is 3.16. The number of fused-ring (bicyclic) bond motifs is 1. The SMILES string of the molecule is C=C(C)CCC(C)(C(=C)C)C1C(c2ccc(OC)cc2)CC2(C)C(=O)CCC2C1CC. The van der Waals surface area contributed by atoms with Crippen molar-refractivity contribution in [3.05, 3.63) is 54.1 Å². The Morgan fingerprint density at radius 2 is 1.87 bits per heavy atom. The summed E-state index contributed by atoms with van der Waals surface area (Å²) in [5, 5.41) is 0. The number of carbonyl (C=O) groups is 1. The highest BCUT2D eigenvalue weighted by atomic mass is 16.5. The van der Waals surface area contributed by atoms with E-state index in [2.05, 4.69) is 72.0 Å². The summed E-state index contributed by atoms with van der Waals surface area (Å²) in [4.78, 5) is 13.1. The van der Waals surface area contributed by atoms with Crippen LogP contribution in [-0.2, 0) is 4.79 Å². The van der Waals surface area contributed by atoms with Crippen molar-refractivity contribution in [1.82, 2.24) is 0 Å². The minimum absolute atomic E-state index is 0.0111. The Morgan fingerprint density at radius 1 is 1.23 bits per heavy atom. The van der Waals surface area contributed by atoms with E-state index in [1.165, 1.54) is 16.7 Å². The van der Waals surface area contributed by atoms with E-state index in [0.717, 1.165) is 44.3 Å². The van der Waals surface area contributed by atoms with Gasteiger partial charge in [-0.3, -0.25) is 4.79 Å². The maximum Gasteiger partial charge on any atom is 0.139 e. The van der Waals surface area contributed by atoms with Crippen LogP contribution in [0, 0.1) is 28.6 Å². The normalized spacial score (nSPS) is 32.3. The first-order chi connectivity index (χ1) is 14.6. The molecule has 2 fully saturated rings. The fourth-order valence-corrected chi connectivity index (χ4v) is 6.95. The topological polar surface area (TPSA) is 26.3 Å². The number of hydrogen-bond acceptors (Lipinski definition) is 2. The van der Waals surface area contributed by atoms with Crippen LogP contribution in [-0.4, -0.2) is 12.9 Å². The molecule has 3 rings (SSSR count). The number of methoxy groups -OCH3 is 1. The Labute approximate surface area is 190 Å². The molecule has 31 heavy (non-hydrogen) atoms. The Balaban J connectivity index is 2.14. The van der Waals surface area contributed by atoms with Gasteiger partial charge in [0.15, 0.2) is 0 Å². The number of ketones is 1. The third-order valence-corrected chi connectivity index (χ3v) is 8.99. The molecule has 0 aliphatic heterocycles. The number of allylic oxidation sites excluding steroid dienone is 2. The molecule has 6 unspecified atom stereocenters. The van der Waals surface area contributed by atoms with Crippen molar-refractivity contribution in [2.24, 2.45) is 28.6 Å². The average molecular weight is 423 g/mol. The number of carbonyl (C=O) groups excluding carboxylic acids is 1. The Hall–Kier alpha value is -1.83. The molecule has 2 nitrogen and oxygen atoms in total. The molecule has 1 aromatic carbocycles. The predicted molar refractivity (Wildman–Crippen MR) is 130 cm³/mol. The van der Waals surface area contributed by atoms with Gasteiger partial charge in [0.1, 0.15) is 11.5 Å². The van der Waals surface area contributed by atoms with Crippen molar-refractivity contribution in [1.29, 1.82) is 0 Å². The second-order valence-corrected chi connectivity index (χ2v) is 10.8. The van der Waals surface area contributed by atoms with E-state index in [0.29, 0.717) is 29.5 Å². The number of ether oxygens (including phenoxy) is 1. The van der Waals surface area contributed by atoms with E-state index >= 15 is 0 Å². The van der Waals surface area contributed by atoms with E-state index in [4.69, 9.17) is 4.74 Å². The first-order valence-electron chi connectivity index (χ1n) is 12.1. The standard InChI is InChI=1S/C29H42O2/c1-9-23-25-14-15-26(30)29(25,7)18-24(21-10-12-22(31-8)13-11-21)27(23)28(6,20(4)5)17-16-19(2)3/h10-13,23-25,27H,2,4,9,14-18H2,1,3,5-8H3. The van der Waals surface area contributed by atoms with Gasteiger partial charge in [0.2, 0.25) is 0 Å². The van der Waals surface area contributed by atoms with Crippen LogP contribution in [0.25, 0.3) is 0 Å². The molecule has 6 atom stereocenters. The average Bonchev–Trinajstić information content (AvgIpc) is 3.04. The Bertz CT molecular complexity index is 835. The lowest BCUT2D eigenvalue weighted by Gasteiger charge is -2.56. The molecule has 2 saturated carbocycles. The summed E-state index contributed by atoms with van der Waals surface area (Å²) in [5.41, 5.74) is 3.65. The van der Waals surface area contributed by atoms with Crippen molar-refractivity contribution in [3.63, 3.8) is 0 Å². The molecule has 0 bridgehead atoms. The lowest BCUT2D eigenvalue weighted by Crippen LogP contribution is -2.50. The van der Waals surface area contributed by atoms with Crippen molar-refractivity contribution in [3.8, 4) is 5.75 Å².